The molecule has 2 aliphatic rings. The molecule has 0 saturated carbocycles. The Labute approximate surface area is 156 Å². The van der Waals surface area contributed by atoms with E-state index >= 15 is 0 Å². The first kappa shape index (κ1) is 17.1. The van der Waals surface area contributed by atoms with Crippen LogP contribution in [0.2, 0.25) is 4.34 Å². The van der Waals surface area contributed by atoms with Gasteiger partial charge in [-0.15, -0.1) is 11.3 Å². The number of ether oxygens (including phenoxy) is 2. The van der Waals surface area contributed by atoms with E-state index in [9.17, 15) is 8.42 Å². The van der Waals surface area contributed by atoms with E-state index in [1.54, 1.807) is 16.4 Å². The normalized spacial score (nSPS) is 21.2. The average molecular weight is 400 g/mol. The molecule has 0 unspecified atom stereocenters. The fourth-order valence-electron chi connectivity index (χ4n) is 3.30. The van der Waals surface area contributed by atoms with E-state index in [1.807, 2.05) is 18.2 Å². The summed E-state index contributed by atoms with van der Waals surface area (Å²) in [7, 11) is -3.55. The molecule has 1 aromatic carbocycles. The summed E-state index contributed by atoms with van der Waals surface area (Å²) in [6.45, 7) is 1.75. The zero-order valence-electron chi connectivity index (χ0n) is 13.5. The molecule has 1 fully saturated rings. The number of benzene rings is 1. The van der Waals surface area contributed by atoms with E-state index in [4.69, 9.17) is 21.1 Å². The van der Waals surface area contributed by atoms with Crippen molar-refractivity contribution in [2.45, 2.75) is 29.5 Å². The van der Waals surface area contributed by atoms with Gasteiger partial charge < -0.3 is 9.47 Å². The number of sulfonamides is 1. The van der Waals surface area contributed by atoms with Gasteiger partial charge >= 0.3 is 0 Å². The minimum atomic E-state index is -3.55. The van der Waals surface area contributed by atoms with Gasteiger partial charge in [0.15, 0.2) is 11.5 Å². The Morgan fingerprint density at radius 1 is 1.08 bits per heavy atom. The van der Waals surface area contributed by atoms with Crippen LogP contribution in [0.3, 0.4) is 0 Å². The van der Waals surface area contributed by atoms with Gasteiger partial charge in [-0.25, -0.2) is 8.42 Å². The summed E-state index contributed by atoms with van der Waals surface area (Å²) in [5, 5.41) is 0. The first-order chi connectivity index (χ1) is 12.1. The molecule has 0 spiro atoms. The fourth-order valence-corrected chi connectivity index (χ4v) is 6.59. The maximum atomic E-state index is 13.0. The van der Waals surface area contributed by atoms with Crippen LogP contribution in [-0.2, 0) is 10.0 Å². The summed E-state index contributed by atoms with van der Waals surface area (Å²) in [5.41, 5.74) is 0.938. The van der Waals surface area contributed by atoms with Crippen molar-refractivity contribution in [1.29, 1.82) is 0 Å². The number of hydrogen-bond acceptors (Lipinski definition) is 5. The van der Waals surface area contributed by atoms with E-state index in [1.165, 1.54) is 0 Å². The number of halogens is 1. The van der Waals surface area contributed by atoms with Crippen molar-refractivity contribution < 1.29 is 17.9 Å². The van der Waals surface area contributed by atoms with Crippen molar-refractivity contribution in [2.24, 2.45) is 0 Å². The van der Waals surface area contributed by atoms with Crippen molar-refractivity contribution in [2.75, 3.05) is 19.8 Å². The van der Waals surface area contributed by atoms with Crippen LogP contribution < -0.4 is 9.47 Å². The maximum Gasteiger partial charge on any atom is 0.253 e. The van der Waals surface area contributed by atoms with E-state index < -0.39 is 10.0 Å². The predicted octanol–water partition coefficient (Wildman–Crippen LogP) is 4.09. The number of hydrogen-bond donors (Lipinski definition) is 0. The summed E-state index contributed by atoms with van der Waals surface area (Å²) in [4.78, 5) is 0. The van der Waals surface area contributed by atoms with Crippen LogP contribution in [0.4, 0.5) is 0 Å². The van der Waals surface area contributed by atoms with Gasteiger partial charge in [0, 0.05) is 13.0 Å². The molecule has 25 heavy (non-hydrogen) atoms. The van der Waals surface area contributed by atoms with Gasteiger partial charge in [-0.3, -0.25) is 0 Å². The van der Waals surface area contributed by atoms with Gasteiger partial charge in [0.2, 0.25) is 0 Å². The monoisotopic (exact) mass is 399 g/mol. The Bertz CT molecular complexity index is 881. The van der Waals surface area contributed by atoms with Gasteiger partial charge in [-0.1, -0.05) is 17.7 Å². The van der Waals surface area contributed by atoms with Crippen molar-refractivity contribution in [3.63, 3.8) is 0 Å². The van der Waals surface area contributed by atoms with Crippen molar-refractivity contribution in [3.8, 4) is 11.5 Å². The lowest BCUT2D eigenvalue weighted by Gasteiger charge is -2.24. The van der Waals surface area contributed by atoms with Crippen LogP contribution in [-0.4, -0.2) is 32.5 Å². The molecule has 3 heterocycles. The second kappa shape index (κ2) is 6.79. The Hall–Kier alpha value is -1.28. The molecule has 0 N–H and O–H groups in total. The first-order valence-electron chi connectivity index (χ1n) is 8.22. The van der Waals surface area contributed by atoms with Crippen LogP contribution in [0.25, 0.3) is 0 Å². The third-order valence-electron chi connectivity index (χ3n) is 4.47. The van der Waals surface area contributed by atoms with E-state index in [0.29, 0.717) is 34.1 Å². The highest BCUT2D eigenvalue weighted by Gasteiger charge is 2.37. The van der Waals surface area contributed by atoms with Crippen LogP contribution in [0.15, 0.2) is 34.5 Å². The molecule has 2 aliphatic heterocycles. The highest BCUT2D eigenvalue weighted by atomic mass is 35.5. The summed E-state index contributed by atoms with van der Waals surface area (Å²) in [6.07, 6.45) is 2.46. The number of thiophene rings is 1. The maximum absolute atomic E-state index is 13.0. The molecule has 5 nitrogen and oxygen atoms in total. The molecule has 2 aromatic rings. The molecule has 4 rings (SSSR count). The SMILES string of the molecule is O=S(=O)(c1ccc(Cl)s1)N1CCC[C@@H]1c1ccc2c(c1)OCCCO2. The number of nitrogens with zero attached hydrogens (tertiary/aromatic N) is 1. The zero-order chi connectivity index (χ0) is 17.4. The molecule has 134 valence electrons. The molecular weight excluding hydrogens is 382 g/mol. The zero-order valence-corrected chi connectivity index (χ0v) is 15.9. The van der Waals surface area contributed by atoms with Crippen LogP contribution in [0.5, 0.6) is 11.5 Å². The predicted molar refractivity (Wildman–Crippen MR) is 97.2 cm³/mol. The molecule has 0 aliphatic carbocycles. The third-order valence-corrected chi connectivity index (χ3v) is 8.08. The fraction of sp³-hybridized carbons (Fsp3) is 0.412. The summed E-state index contributed by atoms with van der Waals surface area (Å²) < 4.78 is 39.8. The lowest BCUT2D eigenvalue weighted by molar-refractivity contribution is 0.296. The minimum absolute atomic E-state index is 0.192. The van der Waals surface area contributed by atoms with Gasteiger partial charge in [0.05, 0.1) is 23.6 Å². The number of fused-ring (bicyclic) bond motifs is 1. The molecule has 1 aromatic heterocycles. The van der Waals surface area contributed by atoms with Crippen LogP contribution in [0.1, 0.15) is 30.9 Å². The molecule has 1 saturated heterocycles. The van der Waals surface area contributed by atoms with Crippen molar-refractivity contribution in [1.82, 2.24) is 4.31 Å². The van der Waals surface area contributed by atoms with Crippen molar-refractivity contribution in [3.05, 3.63) is 40.2 Å². The molecule has 0 amide bonds. The molecule has 8 heteroatoms. The second-order valence-electron chi connectivity index (χ2n) is 6.09. The molecular formula is C17H18ClNO4S2. The van der Waals surface area contributed by atoms with E-state index in [2.05, 4.69) is 0 Å². The smallest absolute Gasteiger partial charge is 0.253 e. The van der Waals surface area contributed by atoms with Crippen LogP contribution in [0, 0.1) is 0 Å². The largest absolute Gasteiger partial charge is 0.490 e. The highest BCUT2D eigenvalue weighted by molar-refractivity contribution is 7.91. The summed E-state index contributed by atoms with van der Waals surface area (Å²) in [5.74, 6) is 1.41. The topological polar surface area (TPSA) is 55.8 Å². The Morgan fingerprint density at radius 3 is 2.64 bits per heavy atom. The van der Waals surface area contributed by atoms with Gasteiger partial charge in [-0.2, -0.15) is 4.31 Å². The van der Waals surface area contributed by atoms with Gasteiger partial charge in [0.1, 0.15) is 4.21 Å². The van der Waals surface area contributed by atoms with Gasteiger partial charge in [-0.05, 0) is 42.7 Å². The Balaban J connectivity index is 1.67. The lowest BCUT2D eigenvalue weighted by Crippen LogP contribution is -2.30. The standard InChI is InChI=1S/C17H18ClNO4S2/c18-16-6-7-17(24-16)25(20,21)19-8-1-3-13(19)12-4-5-14-15(11-12)23-10-2-9-22-14/h4-7,11,13H,1-3,8-10H2/t13-/m1/s1. The van der Waals surface area contributed by atoms with E-state index in [0.717, 1.165) is 41.9 Å². The minimum Gasteiger partial charge on any atom is -0.490 e. The third kappa shape index (κ3) is 3.26. The quantitative estimate of drug-likeness (QED) is 0.780. The van der Waals surface area contributed by atoms with Gasteiger partial charge in [0.25, 0.3) is 10.0 Å². The van der Waals surface area contributed by atoms with Crippen molar-refractivity contribution >= 4 is 33.0 Å². The average Bonchev–Trinajstić information content (AvgIpc) is 3.19. The molecule has 0 radical (unpaired) electrons. The molecule has 0 bridgehead atoms. The summed E-state index contributed by atoms with van der Waals surface area (Å²) in [6, 6.07) is 8.74. The first-order valence-corrected chi connectivity index (χ1v) is 10.9. The number of rotatable bonds is 3. The Kier molecular flexibility index (Phi) is 4.66. The molecule has 1 atom stereocenters. The van der Waals surface area contributed by atoms with E-state index in [-0.39, 0.29) is 6.04 Å². The lowest BCUT2D eigenvalue weighted by atomic mass is 10.0. The van der Waals surface area contributed by atoms with Crippen LogP contribution >= 0.6 is 22.9 Å². The highest BCUT2D eigenvalue weighted by Crippen LogP contribution is 2.41. The summed E-state index contributed by atoms with van der Waals surface area (Å²) >= 11 is 7.02. The Morgan fingerprint density at radius 2 is 1.88 bits per heavy atom. The second-order valence-corrected chi connectivity index (χ2v) is 9.92.